The molecule has 1 heterocycles. The van der Waals surface area contributed by atoms with E-state index < -0.39 is 10.8 Å². The molecule has 9 heteroatoms. The van der Waals surface area contributed by atoms with E-state index in [0.717, 1.165) is 11.8 Å². The van der Waals surface area contributed by atoms with Gasteiger partial charge in [0.25, 0.3) is 0 Å². The third-order valence-corrected chi connectivity index (χ3v) is 4.00. The van der Waals surface area contributed by atoms with Gasteiger partial charge in [-0.2, -0.15) is 5.10 Å². The van der Waals surface area contributed by atoms with Crippen LogP contribution >= 0.6 is 0 Å². The molecular weight excluding hydrogens is 340 g/mol. The van der Waals surface area contributed by atoms with E-state index in [-0.39, 0.29) is 24.2 Å². The molecule has 2 rings (SSSR count). The first kappa shape index (κ1) is 19.2. The summed E-state index contributed by atoms with van der Waals surface area (Å²) in [6.45, 7) is 3.82. The Hall–Kier alpha value is -3.10. The number of methoxy groups -OCH3 is 2. The molecule has 1 aromatic carbocycles. The van der Waals surface area contributed by atoms with Crippen molar-refractivity contribution in [3.05, 3.63) is 46.3 Å². The molecule has 0 radical (unpaired) electrons. The van der Waals surface area contributed by atoms with Crippen LogP contribution in [0.15, 0.2) is 30.6 Å². The summed E-state index contributed by atoms with van der Waals surface area (Å²) in [7, 11) is 3.13. The third kappa shape index (κ3) is 4.50. The predicted molar refractivity (Wildman–Crippen MR) is 94.1 cm³/mol. The maximum Gasteiger partial charge on any atom is 0.306 e. The van der Waals surface area contributed by atoms with Gasteiger partial charge in [-0.15, -0.1) is 0 Å². The molecule has 1 amide bonds. The maximum absolute atomic E-state index is 12.5. The highest BCUT2D eigenvalue weighted by Gasteiger charge is 2.20. The topological polar surface area (TPSA) is 109 Å². The molecule has 0 bridgehead atoms. The Morgan fingerprint density at radius 3 is 2.65 bits per heavy atom. The molecule has 2 atom stereocenters. The summed E-state index contributed by atoms with van der Waals surface area (Å²) < 4.78 is 12.0. The first-order chi connectivity index (χ1) is 12.3. The lowest BCUT2D eigenvalue weighted by atomic mass is 10.0. The summed E-state index contributed by atoms with van der Waals surface area (Å²) in [5.74, 6) is 0.696. The molecule has 26 heavy (non-hydrogen) atoms. The van der Waals surface area contributed by atoms with Crippen LogP contribution < -0.4 is 14.8 Å². The van der Waals surface area contributed by atoms with Crippen LogP contribution in [-0.4, -0.2) is 34.8 Å². The van der Waals surface area contributed by atoms with Crippen LogP contribution in [0.3, 0.4) is 0 Å². The van der Waals surface area contributed by atoms with Crippen molar-refractivity contribution >= 4 is 11.6 Å². The Balaban J connectivity index is 2.04. The number of aromatic nitrogens is 2. The molecule has 0 fully saturated rings. The van der Waals surface area contributed by atoms with Gasteiger partial charge in [-0.3, -0.25) is 19.6 Å². The molecule has 0 saturated heterocycles. The number of amides is 1. The second-order valence-corrected chi connectivity index (χ2v) is 5.92. The number of nitrogens with one attached hydrogen (secondary N) is 1. The fourth-order valence-corrected chi connectivity index (χ4v) is 2.52. The molecule has 0 unspecified atom stereocenters. The number of carbonyl (C=O) groups is 1. The van der Waals surface area contributed by atoms with Crippen LogP contribution in [0.1, 0.15) is 25.5 Å². The normalized spacial score (nSPS) is 12.9. The van der Waals surface area contributed by atoms with Crippen LogP contribution in [0.2, 0.25) is 0 Å². The molecule has 0 aliphatic heterocycles. The van der Waals surface area contributed by atoms with Gasteiger partial charge in [-0.25, -0.2) is 0 Å². The number of hydrogen-bond acceptors (Lipinski definition) is 6. The number of rotatable bonds is 8. The molecule has 0 aliphatic carbocycles. The molecule has 0 aliphatic rings. The van der Waals surface area contributed by atoms with E-state index in [1.54, 1.807) is 33.3 Å². The molecule has 9 nitrogen and oxygen atoms in total. The fraction of sp³-hybridized carbons (Fsp3) is 0.412. The second-order valence-electron chi connectivity index (χ2n) is 5.92. The van der Waals surface area contributed by atoms with Crippen LogP contribution in [0.4, 0.5) is 5.69 Å². The van der Waals surface area contributed by atoms with Gasteiger partial charge in [0.05, 0.1) is 37.6 Å². The minimum absolute atomic E-state index is 0.105. The molecule has 0 spiro atoms. The monoisotopic (exact) mass is 362 g/mol. The summed E-state index contributed by atoms with van der Waals surface area (Å²) in [5, 5.41) is 17.5. The minimum atomic E-state index is -0.522. The standard InChI is InChI=1S/C17H22N4O5/c1-11(9-20-10-13(8-18-20)21(23)24)17(22)19-12(2)15-7-14(25-3)5-6-16(15)26-4/h5-8,10-12H,9H2,1-4H3,(H,19,22)/t11-,12+/m1/s1. The van der Waals surface area contributed by atoms with Crippen molar-refractivity contribution in [3.8, 4) is 11.5 Å². The average Bonchev–Trinajstić information content (AvgIpc) is 3.09. The molecule has 2 aromatic rings. The summed E-state index contributed by atoms with van der Waals surface area (Å²) in [6, 6.07) is 5.07. The smallest absolute Gasteiger partial charge is 0.306 e. The van der Waals surface area contributed by atoms with Gasteiger partial charge < -0.3 is 14.8 Å². The number of nitro groups is 1. The Bertz CT molecular complexity index is 789. The number of benzene rings is 1. The third-order valence-electron chi connectivity index (χ3n) is 4.00. The Morgan fingerprint density at radius 2 is 2.08 bits per heavy atom. The lowest BCUT2D eigenvalue weighted by Gasteiger charge is -2.20. The van der Waals surface area contributed by atoms with E-state index in [1.807, 2.05) is 13.0 Å². The van der Waals surface area contributed by atoms with Gasteiger partial charge in [0.1, 0.15) is 23.9 Å². The summed E-state index contributed by atoms with van der Waals surface area (Å²) >= 11 is 0. The Labute approximate surface area is 151 Å². The summed E-state index contributed by atoms with van der Waals surface area (Å²) in [4.78, 5) is 22.6. The van der Waals surface area contributed by atoms with Gasteiger partial charge in [0.2, 0.25) is 5.91 Å². The van der Waals surface area contributed by atoms with Gasteiger partial charge in [0.15, 0.2) is 0 Å². The number of hydrogen-bond donors (Lipinski definition) is 1. The van der Waals surface area contributed by atoms with Crippen molar-refractivity contribution in [2.24, 2.45) is 5.92 Å². The number of carbonyl (C=O) groups excluding carboxylic acids is 1. The lowest BCUT2D eigenvalue weighted by Crippen LogP contribution is -2.33. The van der Waals surface area contributed by atoms with Crippen LogP contribution in [0, 0.1) is 16.0 Å². The zero-order chi connectivity index (χ0) is 19.3. The highest BCUT2D eigenvalue weighted by Crippen LogP contribution is 2.29. The Kier molecular flexibility index (Phi) is 6.16. The van der Waals surface area contributed by atoms with Gasteiger partial charge in [-0.05, 0) is 25.1 Å². The van der Waals surface area contributed by atoms with Crippen molar-refractivity contribution in [1.29, 1.82) is 0 Å². The van der Waals surface area contributed by atoms with Crippen molar-refractivity contribution < 1.29 is 19.2 Å². The zero-order valence-electron chi connectivity index (χ0n) is 15.1. The van der Waals surface area contributed by atoms with E-state index in [4.69, 9.17) is 9.47 Å². The predicted octanol–water partition coefficient (Wildman–Crippen LogP) is 2.32. The minimum Gasteiger partial charge on any atom is -0.497 e. The van der Waals surface area contributed by atoms with Crippen LogP contribution in [-0.2, 0) is 11.3 Å². The van der Waals surface area contributed by atoms with Crippen molar-refractivity contribution in [1.82, 2.24) is 15.1 Å². The molecule has 140 valence electrons. The largest absolute Gasteiger partial charge is 0.497 e. The van der Waals surface area contributed by atoms with Gasteiger partial charge >= 0.3 is 5.69 Å². The average molecular weight is 362 g/mol. The highest BCUT2D eigenvalue weighted by molar-refractivity contribution is 5.78. The van der Waals surface area contributed by atoms with E-state index in [9.17, 15) is 14.9 Å². The van der Waals surface area contributed by atoms with Crippen LogP contribution in [0.25, 0.3) is 0 Å². The van der Waals surface area contributed by atoms with Crippen molar-refractivity contribution in [3.63, 3.8) is 0 Å². The first-order valence-electron chi connectivity index (χ1n) is 8.04. The molecule has 1 N–H and O–H groups in total. The quantitative estimate of drug-likeness (QED) is 0.570. The molecule has 0 saturated carbocycles. The second kappa shape index (κ2) is 8.32. The summed E-state index contributed by atoms with van der Waals surface area (Å²) in [5.41, 5.74) is 0.689. The van der Waals surface area contributed by atoms with E-state index in [2.05, 4.69) is 10.4 Å². The zero-order valence-corrected chi connectivity index (χ0v) is 15.1. The lowest BCUT2D eigenvalue weighted by molar-refractivity contribution is -0.385. The van der Waals surface area contributed by atoms with Crippen LogP contribution in [0.5, 0.6) is 11.5 Å². The highest BCUT2D eigenvalue weighted by atomic mass is 16.6. The molecular formula is C17H22N4O5. The van der Waals surface area contributed by atoms with E-state index in [1.165, 1.54) is 10.9 Å². The van der Waals surface area contributed by atoms with Gasteiger partial charge in [-0.1, -0.05) is 6.92 Å². The maximum atomic E-state index is 12.5. The SMILES string of the molecule is COc1ccc(OC)c([C@H](C)NC(=O)[C@H](C)Cn2cc([N+](=O)[O-])cn2)c1. The number of nitrogens with zero attached hydrogens (tertiary/aromatic N) is 3. The fourth-order valence-electron chi connectivity index (χ4n) is 2.52. The molecule has 1 aromatic heterocycles. The van der Waals surface area contributed by atoms with Crippen molar-refractivity contribution in [2.45, 2.75) is 26.4 Å². The summed E-state index contributed by atoms with van der Waals surface area (Å²) in [6.07, 6.45) is 2.46. The van der Waals surface area contributed by atoms with E-state index >= 15 is 0 Å². The Morgan fingerprint density at radius 1 is 1.35 bits per heavy atom. The number of ether oxygens (including phenoxy) is 2. The first-order valence-corrected chi connectivity index (χ1v) is 8.04. The van der Waals surface area contributed by atoms with Gasteiger partial charge in [0, 0.05) is 5.56 Å². The van der Waals surface area contributed by atoms with Crippen molar-refractivity contribution in [2.75, 3.05) is 14.2 Å². The van der Waals surface area contributed by atoms with E-state index in [0.29, 0.717) is 11.5 Å².